The van der Waals surface area contributed by atoms with E-state index >= 15 is 0 Å². The molecule has 0 saturated carbocycles. The third-order valence-corrected chi connectivity index (χ3v) is 4.26. The first-order chi connectivity index (χ1) is 14.4. The first kappa shape index (κ1) is 32.2. The third kappa shape index (κ3) is 4.44. The van der Waals surface area contributed by atoms with Crippen molar-refractivity contribution in [2.75, 3.05) is 6.61 Å². The van der Waals surface area contributed by atoms with Gasteiger partial charge < -0.3 is 4.74 Å². The van der Waals surface area contributed by atoms with Gasteiger partial charge in [-0.1, -0.05) is 6.92 Å². The highest BCUT2D eigenvalue weighted by molar-refractivity contribution is 5.78. The fourth-order valence-electron chi connectivity index (χ4n) is 1.74. The van der Waals surface area contributed by atoms with Gasteiger partial charge in [0.1, 0.15) is 0 Å². The molecule has 0 aromatic carbocycles. The van der Waals surface area contributed by atoms with Crippen molar-refractivity contribution in [1.82, 2.24) is 0 Å². The summed E-state index contributed by atoms with van der Waals surface area (Å²) in [5, 5.41) is 0. The summed E-state index contributed by atoms with van der Waals surface area (Å²) < 4.78 is 238. The monoisotopic (exact) mass is 552 g/mol. The standard InChI is InChI=1S/C14H10F18O2/c1-3-6(2,15)5(33)34-4-7(16,17)8(18,19)9(20,21)10(22,23)11(24,25)12(26,27)13(28,29)14(30,31)32/h3-4H2,1-2H3. The fraction of sp³-hybridized carbons (Fsp3) is 0.929. The maximum atomic E-state index is 13.5. The van der Waals surface area contributed by atoms with E-state index in [0.29, 0.717) is 0 Å². The number of ether oxygens (including phenoxy) is 1. The van der Waals surface area contributed by atoms with Gasteiger partial charge in [0.2, 0.25) is 5.67 Å². The minimum absolute atomic E-state index is 0.262. The van der Waals surface area contributed by atoms with Gasteiger partial charge in [-0.25, -0.2) is 9.18 Å². The van der Waals surface area contributed by atoms with Crippen LogP contribution in [0.1, 0.15) is 20.3 Å². The number of carbonyl (C=O) groups excluding carboxylic acids is 1. The van der Waals surface area contributed by atoms with E-state index < -0.39 is 72.3 Å². The second-order valence-corrected chi connectivity index (χ2v) is 6.78. The van der Waals surface area contributed by atoms with Crippen molar-refractivity contribution in [1.29, 1.82) is 0 Å². The molecule has 0 radical (unpaired) electrons. The lowest BCUT2D eigenvalue weighted by molar-refractivity contribution is -0.462. The molecule has 0 aliphatic rings. The highest BCUT2D eigenvalue weighted by Crippen LogP contribution is 2.63. The van der Waals surface area contributed by atoms with Gasteiger partial charge in [0, 0.05) is 0 Å². The molecule has 204 valence electrons. The molecule has 0 spiro atoms. The Morgan fingerprint density at radius 2 is 0.853 bits per heavy atom. The number of hydrogen-bond donors (Lipinski definition) is 0. The number of alkyl halides is 18. The van der Waals surface area contributed by atoms with Crippen LogP contribution in [0.3, 0.4) is 0 Å². The Bertz CT molecular complexity index is 750. The summed E-state index contributed by atoms with van der Waals surface area (Å²) >= 11 is 0. The van der Waals surface area contributed by atoms with E-state index in [4.69, 9.17) is 0 Å². The van der Waals surface area contributed by atoms with Crippen molar-refractivity contribution in [2.24, 2.45) is 0 Å². The van der Waals surface area contributed by atoms with Gasteiger partial charge in [-0.2, -0.15) is 74.6 Å². The van der Waals surface area contributed by atoms with Crippen LogP contribution in [-0.2, 0) is 9.53 Å². The van der Waals surface area contributed by atoms with E-state index in [1.807, 2.05) is 0 Å². The van der Waals surface area contributed by atoms with Crippen LogP contribution in [-0.4, -0.2) is 65.9 Å². The van der Waals surface area contributed by atoms with E-state index in [0.717, 1.165) is 6.92 Å². The molecule has 1 atom stereocenters. The van der Waals surface area contributed by atoms with E-state index in [-0.39, 0.29) is 6.92 Å². The number of carbonyl (C=O) groups is 1. The summed E-state index contributed by atoms with van der Waals surface area (Å²) in [5.41, 5.74) is -3.27. The molecule has 0 aromatic heterocycles. The fourth-order valence-corrected chi connectivity index (χ4v) is 1.74. The average Bonchev–Trinajstić information content (AvgIpc) is 2.63. The van der Waals surface area contributed by atoms with Crippen LogP contribution in [0.4, 0.5) is 79.0 Å². The lowest BCUT2D eigenvalue weighted by atomic mass is 9.89. The summed E-state index contributed by atoms with van der Waals surface area (Å²) in [7, 11) is 0. The third-order valence-electron chi connectivity index (χ3n) is 4.26. The van der Waals surface area contributed by atoms with Gasteiger partial charge >= 0.3 is 53.6 Å². The molecule has 0 bridgehead atoms. The lowest BCUT2D eigenvalue weighted by Gasteiger charge is -2.42. The van der Waals surface area contributed by atoms with Crippen molar-refractivity contribution in [2.45, 2.75) is 73.6 Å². The topological polar surface area (TPSA) is 26.3 Å². The summed E-state index contributed by atoms with van der Waals surface area (Å²) in [6.45, 7) is -2.38. The average molecular weight is 552 g/mol. The van der Waals surface area contributed by atoms with Crippen LogP contribution in [0.5, 0.6) is 0 Å². The first-order valence-corrected chi connectivity index (χ1v) is 8.01. The van der Waals surface area contributed by atoms with Crippen molar-refractivity contribution in [3.63, 3.8) is 0 Å². The first-order valence-electron chi connectivity index (χ1n) is 8.01. The summed E-state index contributed by atoms with van der Waals surface area (Å²) in [6.07, 6.45) is -8.78. The van der Waals surface area contributed by atoms with Crippen LogP contribution in [0.25, 0.3) is 0 Å². The second-order valence-electron chi connectivity index (χ2n) is 6.78. The van der Waals surface area contributed by atoms with Gasteiger partial charge in [-0.05, 0) is 13.3 Å². The lowest BCUT2D eigenvalue weighted by Crippen LogP contribution is -2.74. The Morgan fingerprint density at radius 1 is 0.559 bits per heavy atom. The Labute approximate surface area is 176 Å². The van der Waals surface area contributed by atoms with Gasteiger partial charge in [-0.15, -0.1) is 0 Å². The molecule has 0 saturated heterocycles. The normalized spacial score (nSPS) is 17.4. The van der Waals surface area contributed by atoms with E-state index in [9.17, 15) is 83.8 Å². The molecule has 0 aromatic rings. The number of rotatable bonds is 10. The van der Waals surface area contributed by atoms with Gasteiger partial charge in [-0.3, -0.25) is 0 Å². The SMILES string of the molecule is CCC(C)(F)C(=O)OCC(F)(F)C(F)(F)C(F)(F)C(F)(F)C(F)(F)C(F)(F)C(F)(F)C(F)(F)F. The predicted octanol–water partition coefficient (Wildman–Crippen LogP) is 6.68. The van der Waals surface area contributed by atoms with Crippen LogP contribution >= 0.6 is 0 Å². The summed E-state index contributed by atoms with van der Waals surface area (Å²) in [5.74, 6) is -60.3. The second kappa shape index (κ2) is 8.41. The van der Waals surface area contributed by atoms with Crippen molar-refractivity contribution in [3.8, 4) is 0 Å². The number of halogens is 18. The highest BCUT2D eigenvalue weighted by Gasteiger charge is 2.95. The minimum Gasteiger partial charge on any atom is -0.457 e. The number of hydrogen-bond acceptors (Lipinski definition) is 2. The maximum Gasteiger partial charge on any atom is 0.460 e. The van der Waals surface area contributed by atoms with Crippen molar-refractivity contribution in [3.05, 3.63) is 0 Å². The van der Waals surface area contributed by atoms with E-state index in [2.05, 4.69) is 4.74 Å². The molecule has 0 heterocycles. The quantitative estimate of drug-likeness (QED) is 0.224. The zero-order chi connectivity index (χ0) is 28.2. The van der Waals surface area contributed by atoms with Gasteiger partial charge in [0.15, 0.2) is 6.61 Å². The molecular formula is C14H10F18O2. The minimum atomic E-state index is -8.75. The zero-order valence-electron chi connectivity index (χ0n) is 16.0. The largest absolute Gasteiger partial charge is 0.460 e. The molecule has 34 heavy (non-hydrogen) atoms. The molecule has 1 unspecified atom stereocenters. The van der Waals surface area contributed by atoms with Crippen LogP contribution in [0.2, 0.25) is 0 Å². The van der Waals surface area contributed by atoms with E-state index in [1.54, 1.807) is 0 Å². The molecule has 0 fully saturated rings. The van der Waals surface area contributed by atoms with Crippen LogP contribution in [0, 0.1) is 0 Å². The van der Waals surface area contributed by atoms with Gasteiger partial charge in [0.25, 0.3) is 0 Å². The molecular weight excluding hydrogens is 542 g/mol. The summed E-state index contributed by atoms with van der Waals surface area (Å²) in [4.78, 5) is 11.1. The van der Waals surface area contributed by atoms with Crippen molar-refractivity contribution >= 4 is 5.97 Å². The van der Waals surface area contributed by atoms with Crippen molar-refractivity contribution < 1.29 is 88.6 Å². The van der Waals surface area contributed by atoms with Crippen LogP contribution < -0.4 is 0 Å². The molecule has 2 nitrogen and oxygen atoms in total. The Hall–Kier alpha value is -1.79. The highest BCUT2D eigenvalue weighted by atomic mass is 19.4. The smallest absolute Gasteiger partial charge is 0.457 e. The molecule has 0 rings (SSSR count). The Morgan fingerprint density at radius 3 is 1.15 bits per heavy atom. The molecule has 0 aliphatic heterocycles. The Balaban J connectivity index is 6.48. The maximum absolute atomic E-state index is 13.5. The number of esters is 1. The molecule has 0 N–H and O–H groups in total. The summed E-state index contributed by atoms with van der Waals surface area (Å²) in [6, 6.07) is 0. The zero-order valence-corrected chi connectivity index (χ0v) is 16.0. The van der Waals surface area contributed by atoms with E-state index in [1.165, 1.54) is 0 Å². The predicted molar refractivity (Wildman–Crippen MR) is 71.4 cm³/mol. The van der Waals surface area contributed by atoms with Crippen LogP contribution in [0.15, 0.2) is 0 Å². The molecule has 20 heteroatoms. The molecule has 0 amide bonds. The Kier molecular flexibility index (Phi) is 7.96. The molecule has 0 aliphatic carbocycles. The van der Waals surface area contributed by atoms with Gasteiger partial charge in [0.05, 0.1) is 0 Å².